The van der Waals surface area contributed by atoms with E-state index in [-0.39, 0.29) is 0 Å². The summed E-state index contributed by atoms with van der Waals surface area (Å²) in [6.45, 7) is 3.81. The molecule has 1 aromatic rings. The molecular weight excluding hydrogens is 240 g/mol. The van der Waals surface area contributed by atoms with Crippen LogP contribution in [-0.4, -0.2) is 7.11 Å². The first-order valence-corrected chi connectivity index (χ1v) is 5.48. The van der Waals surface area contributed by atoms with Gasteiger partial charge in [0, 0.05) is 0 Å². The van der Waals surface area contributed by atoms with E-state index in [4.69, 9.17) is 4.74 Å². The van der Waals surface area contributed by atoms with Gasteiger partial charge in [-0.15, -0.1) is 0 Å². The van der Waals surface area contributed by atoms with E-state index in [9.17, 15) is 0 Å². The van der Waals surface area contributed by atoms with E-state index >= 15 is 0 Å². The van der Waals surface area contributed by atoms with Crippen molar-refractivity contribution in [3.05, 3.63) is 40.9 Å². The highest BCUT2D eigenvalue weighted by molar-refractivity contribution is 9.11. The number of hydrogen-bond donors (Lipinski definition) is 0. The number of rotatable bonds is 5. The third-order valence-electron chi connectivity index (χ3n) is 2.07. The second-order valence-electron chi connectivity index (χ2n) is 3.22. The van der Waals surface area contributed by atoms with Gasteiger partial charge < -0.3 is 4.74 Å². The fourth-order valence-electron chi connectivity index (χ4n) is 1.28. The van der Waals surface area contributed by atoms with Gasteiger partial charge in [0.1, 0.15) is 5.75 Å². The van der Waals surface area contributed by atoms with Crippen LogP contribution in [0.5, 0.6) is 5.75 Å². The molecule has 0 bridgehead atoms. The maximum atomic E-state index is 5.09. The van der Waals surface area contributed by atoms with Crippen LogP contribution in [0.2, 0.25) is 0 Å². The molecule has 14 heavy (non-hydrogen) atoms. The molecule has 0 aliphatic heterocycles. The fraction of sp³-hybridized carbons (Fsp3) is 0.333. The molecule has 2 heteroatoms. The van der Waals surface area contributed by atoms with Gasteiger partial charge in [-0.2, -0.15) is 0 Å². The van der Waals surface area contributed by atoms with E-state index in [0.29, 0.717) is 0 Å². The van der Waals surface area contributed by atoms with Crippen molar-refractivity contribution in [2.24, 2.45) is 0 Å². The van der Waals surface area contributed by atoms with Gasteiger partial charge in [0.15, 0.2) is 0 Å². The van der Waals surface area contributed by atoms with E-state index in [0.717, 1.165) is 29.5 Å². The second-order valence-corrected chi connectivity index (χ2v) is 4.34. The zero-order valence-electron chi connectivity index (χ0n) is 8.42. The van der Waals surface area contributed by atoms with Crippen molar-refractivity contribution in [2.75, 3.05) is 7.11 Å². The predicted octanol–water partition coefficient (Wildman–Crippen LogP) is 3.93. The van der Waals surface area contributed by atoms with E-state index in [1.807, 2.05) is 12.1 Å². The summed E-state index contributed by atoms with van der Waals surface area (Å²) in [6, 6.07) is 8.21. The zero-order chi connectivity index (χ0) is 10.4. The molecule has 0 heterocycles. The number of hydrogen-bond acceptors (Lipinski definition) is 1. The van der Waals surface area contributed by atoms with Crippen molar-refractivity contribution in [3.63, 3.8) is 0 Å². The van der Waals surface area contributed by atoms with Gasteiger partial charge in [-0.05, 0) is 41.4 Å². The molecule has 0 N–H and O–H groups in total. The maximum Gasteiger partial charge on any atom is 0.118 e. The summed E-state index contributed by atoms with van der Waals surface area (Å²) < 4.78 is 6.17. The highest BCUT2D eigenvalue weighted by atomic mass is 79.9. The molecule has 0 aliphatic rings. The van der Waals surface area contributed by atoms with Crippen LogP contribution in [0.1, 0.15) is 18.4 Å². The van der Waals surface area contributed by atoms with E-state index in [2.05, 4.69) is 34.6 Å². The Kier molecular flexibility index (Phi) is 4.74. The van der Waals surface area contributed by atoms with Crippen LogP contribution in [0.4, 0.5) is 0 Å². The molecule has 0 radical (unpaired) electrons. The molecule has 1 aromatic carbocycles. The molecule has 1 rings (SSSR count). The molecule has 0 saturated carbocycles. The Morgan fingerprint density at radius 3 is 2.50 bits per heavy atom. The summed E-state index contributed by atoms with van der Waals surface area (Å²) in [7, 11) is 1.68. The van der Waals surface area contributed by atoms with Crippen molar-refractivity contribution < 1.29 is 4.74 Å². The molecule has 0 unspecified atom stereocenters. The third kappa shape index (κ3) is 3.97. The molecule has 0 aromatic heterocycles. The Hall–Kier alpha value is -0.760. The topological polar surface area (TPSA) is 9.23 Å². The number of aryl methyl sites for hydroxylation is 1. The quantitative estimate of drug-likeness (QED) is 0.774. The average molecular weight is 255 g/mol. The number of allylic oxidation sites excluding steroid dienone is 1. The highest BCUT2D eigenvalue weighted by Crippen LogP contribution is 2.15. The summed E-state index contributed by atoms with van der Waals surface area (Å²) in [6.07, 6.45) is 3.26. The Morgan fingerprint density at radius 2 is 2.00 bits per heavy atom. The van der Waals surface area contributed by atoms with Gasteiger partial charge >= 0.3 is 0 Å². The molecule has 0 aliphatic carbocycles. The van der Waals surface area contributed by atoms with Crippen molar-refractivity contribution in [3.8, 4) is 5.75 Å². The normalized spacial score (nSPS) is 9.86. The largest absolute Gasteiger partial charge is 0.497 e. The van der Waals surface area contributed by atoms with Crippen molar-refractivity contribution in [2.45, 2.75) is 19.3 Å². The van der Waals surface area contributed by atoms with Crippen molar-refractivity contribution >= 4 is 15.9 Å². The van der Waals surface area contributed by atoms with Gasteiger partial charge in [-0.3, -0.25) is 0 Å². The minimum atomic E-state index is 0.915. The zero-order valence-corrected chi connectivity index (χ0v) is 10.0. The highest BCUT2D eigenvalue weighted by Gasteiger charge is 1.95. The van der Waals surface area contributed by atoms with Crippen LogP contribution < -0.4 is 4.74 Å². The average Bonchev–Trinajstić information content (AvgIpc) is 2.18. The van der Waals surface area contributed by atoms with E-state index in [1.165, 1.54) is 5.56 Å². The molecule has 0 saturated heterocycles. The summed E-state index contributed by atoms with van der Waals surface area (Å²) >= 11 is 3.36. The Labute approximate surface area is 93.9 Å². The minimum absolute atomic E-state index is 0.915. The van der Waals surface area contributed by atoms with Crippen LogP contribution in [0.3, 0.4) is 0 Å². The maximum absolute atomic E-state index is 5.09. The first-order valence-electron chi connectivity index (χ1n) is 4.68. The third-order valence-corrected chi connectivity index (χ3v) is 2.47. The standard InChI is InChI=1S/C12H15BrO/c1-10(13)4-3-5-11-6-8-12(14-2)9-7-11/h6-9H,1,3-5H2,2H3. The predicted molar refractivity (Wildman–Crippen MR) is 64.0 cm³/mol. The van der Waals surface area contributed by atoms with Gasteiger partial charge in [0.05, 0.1) is 7.11 Å². The van der Waals surface area contributed by atoms with E-state index < -0.39 is 0 Å². The number of halogens is 1. The van der Waals surface area contributed by atoms with Gasteiger partial charge in [-0.1, -0.05) is 34.6 Å². The SMILES string of the molecule is C=C(Br)CCCc1ccc(OC)cc1. The number of ether oxygens (including phenoxy) is 1. The summed E-state index contributed by atoms with van der Waals surface area (Å²) in [5.41, 5.74) is 1.35. The van der Waals surface area contributed by atoms with Crippen LogP contribution in [-0.2, 0) is 6.42 Å². The lowest BCUT2D eigenvalue weighted by molar-refractivity contribution is 0.414. The van der Waals surface area contributed by atoms with E-state index in [1.54, 1.807) is 7.11 Å². The Balaban J connectivity index is 2.40. The van der Waals surface area contributed by atoms with Crippen LogP contribution in [0.25, 0.3) is 0 Å². The summed E-state index contributed by atoms with van der Waals surface area (Å²) in [5.74, 6) is 0.915. The second kappa shape index (κ2) is 5.86. The van der Waals surface area contributed by atoms with Crippen molar-refractivity contribution in [1.82, 2.24) is 0 Å². The number of benzene rings is 1. The fourth-order valence-corrected chi connectivity index (χ4v) is 1.56. The van der Waals surface area contributed by atoms with Crippen LogP contribution >= 0.6 is 15.9 Å². The lowest BCUT2D eigenvalue weighted by atomic mass is 10.1. The molecule has 1 nitrogen and oxygen atoms in total. The summed E-state index contributed by atoms with van der Waals surface area (Å²) in [5, 5.41) is 0. The van der Waals surface area contributed by atoms with Crippen LogP contribution in [0.15, 0.2) is 35.3 Å². The molecule has 0 atom stereocenters. The molecular formula is C12H15BrO. The van der Waals surface area contributed by atoms with Crippen LogP contribution in [0, 0.1) is 0 Å². The molecule has 0 spiro atoms. The number of methoxy groups -OCH3 is 1. The molecule has 76 valence electrons. The van der Waals surface area contributed by atoms with Crippen molar-refractivity contribution in [1.29, 1.82) is 0 Å². The lowest BCUT2D eigenvalue weighted by Crippen LogP contribution is -1.87. The smallest absolute Gasteiger partial charge is 0.118 e. The van der Waals surface area contributed by atoms with Gasteiger partial charge in [0.25, 0.3) is 0 Å². The Bertz CT molecular complexity index is 290. The summed E-state index contributed by atoms with van der Waals surface area (Å²) in [4.78, 5) is 0. The lowest BCUT2D eigenvalue weighted by Gasteiger charge is -2.02. The molecule has 0 fully saturated rings. The Morgan fingerprint density at radius 1 is 1.36 bits per heavy atom. The monoisotopic (exact) mass is 254 g/mol. The minimum Gasteiger partial charge on any atom is -0.497 e. The first kappa shape index (κ1) is 11.3. The molecule has 0 amide bonds. The van der Waals surface area contributed by atoms with Gasteiger partial charge in [0.2, 0.25) is 0 Å². The van der Waals surface area contributed by atoms with Gasteiger partial charge in [-0.25, -0.2) is 0 Å². The first-order chi connectivity index (χ1) is 6.72.